The van der Waals surface area contributed by atoms with Crippen molar-refractivity contribution in [2.75, 3.05) is 11.5 Å². The minimum Gasteiger partial charge on any atom is -0.399 e. The lowest BCUT2D eigenvalue weighted by atomic mass is 9.98. The Bertz CT molecular complexity index is 440. The quantitative estimate of drug-likeness (QED) is 0.682. The number of nitrogens with two attached hydrogens (primary N) is 1. The standard InChI is InChI=1S/C15H22N2OS/c1-11-5-3-6-12(2)17(11)15(18)10-19-14-8-4-7-13(16)9-14/h4,7-9,11-12H,3,5-6,10,16H2,1-2H3. The molecule has 0 radical (unpaired) electrons. The van der Waals surface area contributed by atoms with E-state index in [4.69, 9.17) is 5.73 Å². The van der Waals surface area contributed by atoms with Gasteiger partial charge in [-0.05, 0) is 51.3 Å². The lowest BCUT2D eigenvalue weighted by molar-refractivity contribution is -0.134. The fourth-order valence-corrected chi connectivity index (χ4v) is 3.57. The molecule has 2 N–H and O–H groups in total. The number of nitrogen functional groups attached to an aromatic ring is 1. The molecule has 19 heavy (non-hydrogen) atoms. The number of hydrogen-bond donors (Lipinski definition) is 1. The summed E-state index contributed by atoms with van der Waals surface area (Å²) in [5.41, 5.74) is 6.49. The Morgan fingerprint density at radius 1 is 1.37 bits per heavy atom. The predicted octanol–water partition coefficient (Wildman–Crippen LogP) is 3.15. The Labute approximate surface area is 119 Å². The van der Waals surface area contributed by atoms with E-state index in [2.05, 4.69) is 18.7 Å². The molecule has 0 bridgehead atoms. The van der Waals surface area contributed by atoms with E-state index in [1.807, 2.05) is 24.3 Å². The van der Waals surface area contributed by atoms with Crippen molar-refractivity contribution in [3.05, 3.63) is 24.3 Å². The monoisotopic (exact) mass is 278 g/mol. The summed E-state index contributed by atoms with van der Waals surface area (Å²) < 4.78 is 0. The van der Waals surface area contributed by atoms with Crippen LogP contribution in [0.1, 0.15) is 33.1 Å². The van der Waals surface area contributed by atoms with Gasteiger partial charge in [-0.2, -0.15) is 0 Å². The van der Waals surface area contributed by atoms with Gasteiger partial charge in [0.1, 0.15) is 0 Å². The van der Waals surface area contributed by atoms with E-state index in [9.17, 15) is 4.79 Å². The summed E-state index contributed by atoms with van der Waals surface area (Å²) in [5.74, 6) is 0.741. The third-order valence-corrected chi connectivity index (χ3v) is 4.68. The molecule has 1 heterocycles. The summed E-state index contributed by atoms with van der Waals surface area (Å²) in [4.78, 5) is 15.5. The molecular weight excluding hydrogens is 256 g/mol. The predicted molar refractivity (Wildman–Crippen MR) is 81.2 cm³/mol. The number of likely N-dealkylation sites (tertiary alicyclic amines) is 1. The minimum atomic E-state index is 0.243. The fourth-order valence-electron chi connectivity index (χ4n) is 2.74. The van der Waals surface area contributed by atoms with E-state index in [0.717, 1.165) is 23.4 Å². The van der Waals surface area contributed by atoms with Gasteiger partial charge in [-0.1, -0.05) is 6.07 Å². The number of hydrogen-bond acceptors (Lipinski definition) is 3. The second kappa shape index (κ2) is 6.33. The van der Waals surface area contributed by atoms with Gasteiger partial charge < -0.3 is 10.6 Å². The van der Waals surface area contributed by atoms with Gasteiger partial charge in [-0.3, -0.25) is 4.79 Å². The van der Waals surface area contributed by atoms with Crippen molar-refractivity contribution in [1.82, 2.24) is 4.90 Å². The molecule has 1 aromatic carbocycles. The van der Waals surface area contributed by atoms with Crippen LogP contribution in [0.2, 0.25) is 0 Å². The topological polar surface area (TPSA) is 46.3 Å². The van der Waals surface area contributed by atoms with Crippen molar-refractivity contribution in [3.8, 4) is 0 Å². The fraction of sp³-hybridized carbons (Fsp3) is 0.533. The first-order chi connectivity index (χ1) is 9.08. The molecule has 0 aliphatic carbocycles. The van der Waals surface area contributed by atoms with Crippen LogP contribution < -0.4 is 5.73 Å². The van der Waals surface area contributed by atoms with Gasteiger partial charge in [0.05, 0.1) is 5.75 Å². The summed E-state index contributed by atoms with van der Waals surface area (Å²) in [5, 5.41) is 0. The van der Waals surface area contributed by atoms with Gasteiger partial charge in [-0.25, -0.2) is 0 Å². The van der Waals surface area contributed by atoms with Crippen LogP contribution in [0.15, 0.2) is 29.2 Å². The van der Waals surface area contributed by atoms with Crippen molar-refractivity contribution in [3.63, 3.8) is 0 Å². The molecule has 1 saturated heterocycles. The lowest BCUT2D eigenvalue weighted by Crippen LogP contribution is -2.48. The van der Waals surface area contributed by atoms with Crippen LogP contribution in [0.25, 0.3) is 0 Å². The lowest BCUT2D eigenvalue weighted by Gasteiger charge is -2.39. The largest absolute Gasteiger partial charge is 0.399 e. The molecule has 104 valence electrons. The van der Waals surface area contributed by atoms with E-state index >= 15 is 0 Å². The number of carbonyl (C=O) groups excluding carboxylic acids is 1. The van der Waals surface area contributed by atoms with Crippen LogP contribution >= 0.6 is 11.8 Å². The third-order valence-electron chi connectivity index (χ3n) is 3.70. The molecule has 1 fully saturated rings. The number of carbonyl (C=O) groups is 1. The summed E-state index contributed by atoms with van der Waals surface area (Å²) in [6.07, 6.45) is 3.48. The summed E-state index contributed by atoms with van der Waals surface area (Å²) >= 11 is 1.57. The van der Waals surface area contributed by atoms with Crippen LogP contribution in [0, 0.1) is 0 Å². The molecule has 1 aliphatic heterocycles. The number of thioether (sulfide) groups is 1. The van der Waals surface area contributed by atoms with Gasteiger partial charge in [0.2, 0.25) is 5.91 Å². The zero-order chi connectivity index (χ0) is 13.8. The maximum absolute atomic E-state index is 12.4. The second-order valence-corrected chi connectivity index (χ2v) is 6.34. The highest BCUT2D eigenvalue weighted by atomic mass is 32.2. The zero-order valence-corrected chi connectivity index (χ0v) is 12.5. The SMILES string of the molecule is CC1CCCC(C)N1C(=O)CSc1cccc(N)c1. The van der Waals surface area contributed by atoms with Crippen molar-refractivity contribution >= 4 is 23.4 Å². The number of rotatable bonds is 3. The van der Waals surface area contributed by atoms with Gasteiger partial charge >= 0.3 is 0 Å². The van der Waals surface area contributed by atoms with Gasteiger partial charge in [0.15, 0.2) is 0 Å². The molecular formula is C15H22N2OS. The highest BCUT2D eigenvalue weighted by Crippen LogP contribution is 2.25. The van der Waals surface area contributed by atoms with E-state index in [1.54, 1.807) is 11.8 Å². The Morgan fingerprint density at radius 2 is 2.05 bits per heavy atom. The number of piperidine rings is 1. The molecule has 2 rings (SSSR count). The van der Waals surface area contributed by atoms with E-state index in [0.29, 0.717) is 17.8 Å². The molecule has 4 heteroatoms. The highest BCUT2D eigenvalue weighted by molar-refractivity contribution is 8.00. The third kappa shape index (κ3) is 3.66. The summed E-state index contributed by atoms with van der Waals surface area (Å²) in [6, 6.07) is 8.45. The maximum atomic E-state index is 12.4. The number of anilines is 1. The number of benzene rings is 1. The minimum absolute atomic E-state index is 0.243. The van der Waals surface area contributed by atoms with Gasteiger partial charge in [-0.15, -0.1) is 11.8 Å². The van der Waals surface area contributed by atoms with Crippen LogP contribution in [-0.2, 0) is 4.79 Å². The summed E-state index contributed by atoms with van der Waals surface area (Å²) in [6.45, 7) is 4.30. The Hall–Kier alpha value is -1.16. The first-order valence-electron chi connectivity index (χ1n) is 6.87. The van der Waals surface area contributed by atoms with Gasteiger partial charge in [0, 0.05) is 22.7 Å². The van der Waals surface area contributed by atoms with Crippen molar-refractivity contribution in [2.24, 2.45) is 0 Å². The maximum Gasteiger partial charge on any atom is 0.233 e. The zero-order valence-electron chi connectivity index (χ0n) is 11.6. The van der Waals surface area contributed by atoms with Crippen LogP contribution in [0.4, 0.5) is 5.69 Å². The second-order valence-electron chi connectivity index (χ2n) is 5.29. The normalized spacial score (nSPS) is 23.4. The molecule has 3 nitrogen and oxygen atoms in total. The molecule has 0 saturated carbocycles. The van der Waals surface area contributed by atoms with E-state index < -0.39 is 0 Å². The van der Waals surface area contributed by atoms with Crippen molar-refractivity contribution in [1.29, 1.82) is 0 Å². The molecule has 0 spiro atoms. The molecule has 1 amide bonds. The average molecular weight is 278 g/mol. The average Bonchev–Trinajstić information content (AvgIpc) is 2.36. The van der Waals surface area contributed by atoms with Crippen LogP contribution in [0.5, 0.6) is 0 Å². The van der Waals surface area contributed by atoms with Crippen molar-refractivity contribution < 1.29 is 4.79 Å². The van der Waals surface area contributed by atoms with E-state index in [-0.39, 0.29) is 5.91 Å². The number of nitrogens with zero attached hydrogens (tertiary/aromatic N) is 1. The molecule has 0 aromatic heterocycles. The summed E-state index contributed by atoms with van der Waals surface area (Å²) in [7, 11) is 0. The Kier molecular flexibility index (Phi) is 4.75. The number of amides is 1. The first-order valence-corrected chi connectivity index (χ1v) is 7.86. The molecule has 1 aromatic rings. The molecule has 1 aliphatic rings. The van der Waals surface area contributed by atoms with Crippen LogP contribution in [0.3, 0.4) is 0 Å². The highest BCUT2D eigenvalue weighted by Gasteiger charge is 2.28. The van der Waals surface area contributed by atoms with E-state index in [1.165, 1.54) is 6.42 Å². The molecule has 2 unspecified atom stereocenters. The first kappa shape index (κ1) is 14.3. The van der Waals surface area contributed by atoms with Crippen molar-refractivity contribution in [2.45, 2.75) is 50.1 Å². The Morgan fingerprint density at radius 3 is 2.68 bits per heavy atom. The smallest absolute Gasteiger partial charge is 0.233 e. The Balaban J connectivity index is 1.93. The molecule has 2 atom stereocenters. The van der Waals surface area contributed by atoms with Crippen LogP contribution in [-0.4, -0.2) is 28.6 Å². The van der Waals surface area contributed by atoms with Gasteiger partial charge in [0.25, 0.3) is 0 Å².